The molecule has 4 aromatic heterocycles. The second-order valence-corrected chi connectivity index (χ2v) is 12.1. The summed E-state index contributed by atoms with van der Waals surface area (Å²) >= 11 is 0. The Morgan fingerprint density at radius 2 is 1.70 bits per heavy atom. The Morgan fingerprint density at radius 1 is 1.02 bits per heavy atom. The van der Waals surface area contributed by atoms with Crippen molar-refractivity contribution in [1.82, 2.24) is 39.0 Å². The molecule has 2 N–H and O–H groups in total. The van der Waals surface area contributed by atoms with Crippen LogP contribution in [-0.4, -0.2) is 102 Å². The standard InChI is InChI=1S/C31H34N10O2.C2H4O2/c1-20-13-22(5-8-27(20)43-25-9-11-39-28(14-25)32-18-34-39)36-30-29-26(10-12-40(29)35-19-33-30)41-23-6-7-24(41)17-38(16-23)31(42)21(2)15-37(3)4;1-2(3)4/h5,8-14,18-19,23-24H,2,6-7,15-17H2,1,3-4H3,(H,33,35,36);1H3,(H,3,4). The van der Waals surface area contributed by atoms with Crippen molar-refractivity contribution in [3.8, 4) is 11.5 Å². The number of aromatic nitrogens is 6. The van der Waals surface area contributed by atoms with Crippen LogP contribution in [0.4, 0.5) is 17.2 Å². The SMILES string of the molecule is C=C(CN(C)C)C(=O)N1CC2CCC(C1)N2c1ccn2ncnc(Nc3ccc(Oc4ccn5ncnc5c4)c(C)c3)c12.CC(=O)O. The van der Waals surface area contributed by atoms with Gasteiger partial charge in [-0.05, 0) is 69.8 Å². The molecule has 1 aromatic carbocycles. The van der Waals surface area contributed by atoms with Crippen molar-refractivity contribution in [3.63, 3.8) is 0 Å². The van der Waals surface area contributed by atoms with Crippen LogP contribution in [-0.2, 0) is 9.59 Å². The van der Waals surface area contributed by atoms with E-state index in [1.54, 1.807) is 10.8 Å². The molecule has 2 fully saturated rings. The third kappa shape index (κ3) is 6.72. The van der Waals surface area contributed by atoms with Gasteiger partial charge >= 0.3 is 0 Å². The highest BCUT2D eigenvalue weighted by Crippen LogP contribution is 2.40. The molecule has 2 aliphatic heterocycles. The molecule has 2 bridgehead atoms. The van der Waals surface area contributed by atoms with Crippen LogP contribution in [0.3, 0.4) is 0 Å². The number of hydrogen-bond acceptors (Lipinski definition) is 10. The lowest BCUT2D eigenvalue weighted by Gasteiger charge is -2.42. The van der Waals surface area contributed by atoms with Crippen molar-refractivity contribution in [3.05, 3.63) is 79.2 Å². The van der Waals surface area contributed by atoms with Crippen LogP contribution in [0.5, 0.6) is 11.5 Å². The minimum absolute atomic E-state index is 0.0551. The number of nitrogens with one attached hydrogen (secondary N) is 1. The zero-order chi connectivity index (χ0) is 33.2. The number of anilines is 3. The summed E-state index contributed by atoms with van der Waals surface area (Å²) in [4.78, 5) is 37.4. The van der Waals surface area contributed by atoms with E-state index in [9.17, 15) is 4.79 Å². The number of ether oxygens (including phenoxy) is 1. The van der Waals surface area contributed by atoms with Crippen LogP contribution in [0.1, 0.15) is 25.3 Å². The number of pyridine rings is 1. The van der Waals surface area contributed by atoms with E-state index in [-0.39, 0.29) is 18.0 Å². The van der Waals surface area contributed by atoms with Gasteiger partial charge in [0, 0.05) is 68.4 Å². The van der Waals surface area contributed by atoms with Crippen LogP contribution >= 0.6 is 0 Å². The minimum atomic E-state index is -0.833. The molecular weight excluding hydrogens is 600 g/mol. The highest BCUT2D eigenvalue weighted by atomic mass is 16.5. The number of carbonyl (C=O) groups excluding carboxylic acids is 1. The molecule has 7 rings (SSSR count). The first-order valence-electron chi connectivity index (χ1n) is 15.3. The highest BCUT2D eigenvalue weighted by molar-refractivity contribution is 5.94. The Kier molecular flexibility index (Phi) is 8.76. The fourth-order valence-corrected chi connectivity index (χ4v) is 6.34. The number of benzene rings is 1. The highest BCUT2D eigenvalue weighted by Gasteiger charge is 2.42. The number of nitrogens with zero attached hydrogens (tertiary/aromatic N) is 9. The van der Waals surface area contributed by atoms with Gasteiger partial charge in [0.05, 0.1) is 5.69 Å². The summed E-state index contributed by atoms with van der Waals surface area (Å²) in [6.07, 6.45) is 8.94. The molecule has 2 aliphatic rings. The fraction of sp³-hybridized carbons (Fsp3) is 0.333. The lowest BCUT2D eigenvalue weighted by molar-refractivity contribution is -0.134. The van der Waals surface area contributed by atoms with Crippen molar-refractivity contribution in [2.75, 3.05) is 43.9 Å². The van der Waals surface area contributed by atoms with Crippen molar-refractivity contribution in [1.29, 1.82) is 0 Å². The molecule has 14 heteroatoms. The molecule has 2 unspecified atom stereocenters. The van der Waals surface area contributed by atoms with Gasteiger partial charge in [0.1, 0.15) is 29.7 Å². The maximum absolute atomic E-state index is 13.1. The molecule has 14 nitrogen and oxygen atoms in total. The molecule has 6 heterocycles. The average Bonchev–Trinajstić information content (AvgIpc) is 3.73. The van der Waals surface area contributed by atoms with Gasteiger partial charge in [-0.1, -0.05) is 6.58 Å². The summed E-state index contributed by atoms with van der Waals surface area (Å²) < 4.78 is 9.72. The fourth-order valence-electron chi connectivity index (χ4n) is 6.34. The van der Waals surface area contributed by atoms with Crippen molar-refractivity contribution in [2.45, 2.75) is 38.8 Å². The second kappa shape index (κ2) is 13.1. The van der Waals surface area contributed by atoms with Crippen LogP contribution in [0.25, 0.3) is 11.2 Å². The van der Waals surface area contributed by atoms with Crippen LogP contribution in [0.2, 0.25) is 0 Å². The predicted octanol–water partition coefficient (Wildman–Crippen LogP) is 4.00. The number of aliphatic carboxylic acids is 1. The summed E-state index contributed by atoms with van der Waals surface area (Å²) in [5, 5.41) is 19.6. The van der Waals surface area contributed by atoms with E-state index in [1.165, 1.54) is 6.33 Å². The van der Waals surface area contributed by atoms with Gasteiger partial charge in [0.15, 0.2) is 11.5 Å². The molecule has 47 heavy (non-hydrogen) atoms. The monoisotopic (exact) mass is 638 g/mol. The number of likely N-dealkylation sites (tertiary alicyclic amines) is 1. The quantitative estimate of drug-likeness (QED) is 0.238. The number of aryl methyl sites for hydroxylation is 1. The Bertz CT molecular complexity index is 1930. The topological polar surface area (TPSA) is 146 Å². The van der Waals surface area contributed by atoms with E-state index in [4.69, 9.17) is 14.6 Å². The summed E-state index contributed by atoms with van der Waals surface area (Å²) in [7, 11) is 3.91. The summed E-state index contributed by atoms with van der Waals surface area (Å²) in [6, 6.07) is 12.3. The smallest absolute Gasteiger partial charge is 0.300 e. The van der Waals surface area contributed by atoms with E-state index in [2.05, 4.69) is 43.0 Å². The van der Waals surface area contributed by atoms with E-state index < -0.39 is 5.97 Å². The molecule has 0 aliphatic carbocycles. The van der Waals surface area contributed by atoms with Gasteiger partial charge in [0.25, 0.3) is 11.9 Å². The molecule has 0 radical (unpaired) electrons. The molecule has 1 amide bonds. The van der Waals surface area contributed by atoms with Crippen molar-refractivity contribution >= 4 is 40.2 Å². The second-order valence-electron chi connectivity index (χ2n) is 12.1. The summed E-state index contributed by atoms with van der Waals surface area (Å²) in [5.74, 6) is 1.39. The summed E-state index contributed by atoms with van der Waals surface area (Å²) in [6.45, 7) is 9.08. The lowest BCUT2D eigenvalue weighted by atomic mass is 10.1. The average molecular weight is 639 g/mol. The van der Waals surface area contributed by atoms with Gasteiger partial charge in [-0.25, -0.2) is 19.0 Å². The van der Waals surface area contributed by atoms with E-state index >= 15 is 0 Å². The van der Waals surface area contributed by atoms with Gasteiger partial charge in [0.2, 0.25) is 0 Å². The Hall–Kier alpha value is -5.50. The lowest BCUT2D eigenvalue weighted by Crippen LogP contribution is -2.56. The third-order valence-corrected chi connectivity index (χ3v) is 8.21. The van der Waals surface area contributed by atoms with Crippen LogP contribution in [0.15, 0.2) is 73.6 Å². The number of likely N-dealkylation sites (N-methyl/N-ethyl adjacent to an activating group) is 1. The zero-order valence-electron chi connectivity index (χ0n) is 26.9. The normalized spacial score (nSPS) is 17.1. The molecule has 2 saturated heterocycles. The van der Waals surface area contributed by atoms with Gasteiger partial charge in [-0.15, -0.1) is 0 Å². The van der Waals surface area contributed by atoms with E-state index in [0.717, 1.165) is 59.4 Å². The molecule has 244 valence electrons. The van der Waals surface area contributed by atoms with Crippen molar-refractivity contribution < 1.29 is 19.4 Å². The number of carboxylic acid groups (broad SMARTS) is 1. The van der Waals surface area contributed by atoms with E-state index in [0.29, 0.717) is 31.0 Å². The summed E-state index contributed by atoms with van der Waals surface area (Å²) in [5.41, 5.74) is 5.21. The van der Waals surface area contributed by atoms with Crippen molar-refractivity contribution in [2.24, 2.45) is 0 Å². The predicted molar refractivity (Wildman–Crippen MR) is 177 cm³/mol. The number of piperazine rings is 1. The molecule has 5 aromatic rings. The Morgan fingerprint density at radius 3 is 2.40 bits per heavy atom. The minimum Gasteiger partial charge on any atom is -0.481 e. The Labute approximate surface area is 271 Å². The number of hydrogen-bond donors (Lipinski definition) is 2. The maximum Gasteiger partial charge on any atom is 0.300 e. The number of rotatable bonds is 8. The molecule has 0 spiro atoms. The Balaban J connectivity index is 0.000000915. The number of amides is 1. The van der Waals surface area contributed by atoms with Gasteiger partial charge < -0.3 is 29.9 Å². The largest absolute Gasteiger partial charge is 0.481 e. The molecule has 0 saturated carbocycles. The van der Waals surface area contributed by atoms with Crippen LogP contribution in [0, 0.1) is 6.92 Å². The molecular formula is C33H38N10O4. The number of carboxylic acids is 1. The van der Waals surface area contributed by atoms with Crippen LogP contribution < -0.4 is 15.0 Å². The van der Waals surface area contributed by atoms with Gasteiger partial charge in [-0.3, -0.25) is 9.59 Å². The number of carbonyl (C=O) groups is 2. The first kappa shape index (κ1) is 31.5. The van der Waals surface area contributed by atoms with Gasteiger partial charge in [-0.2, -0.15) is 10.2 Å². The zero-order valence-corrected chi connectivity index (χ0v) is 26.9. The molecule has 2 atom stereocenters. The first-order chi connectivity index (χ1) is 22.6. The number of fused-ring (bicyclic) bond motifs is 4. The third-order valence-electron chi connectivity index (χ3n) is 8.21. The van der Waals surface area contributed by atoms with E-state index in [1.807, 2.05) is 78.1 Å². The maximum atomic E-state index is 13.1. The first-order valence-corrected chi connectivity index (χ1v) is 15.3.